The van der Waals surface area contributed by atoms with Gasteiger partial charge in [0.1, 0.15) is 5.75 Å². The average Bonchev–Trinajstić information content (AvgIpc) is 2.61. The molecule has 0 atom stereocenters. The molecule has 0 amide bonds. The minimum Gasteiger partial charge on any atom is -0.493 e. The normalized spacial score (nSPS) is 10.6. The Bertz CT molecular complexity index is 628. The van der Waals surface area contributed by atoms with Gasteiger partial charge in [0.2, 0.25) is 0 Å². The summed E-state index contributed by atoms with van der Waals surface area (Å²) < 4.78 is 5.90. The lowest BCUT2D eigenvalue weighted by Crippen LogP contribution is -2.17. The van der Waals surface area contributed by atoms with Gasteiger partial charge in [-0.15, -0.1) is 0 Å². The lowest BCUT2D eigenvalue weighted by molar-refractivity contribution is 0.343. The topological polar surface area (TPSA) is 9.23 Å². The van der Waals surface area contributed by atoms with Crippen molar-refractivity contribution in [3.8, 4) is 5.75 Å². The van der Waals surface area contributed by atoms with Gasteiger partial charge >= 0.3 is 0 Å². The zero-order valence-electron chi connectivity index (χ0n) is 12.4. The monoisotopic (exact) mass is 306 g/mol. The summed E-state index contributed by atoms with van der Waals surface area (Å²) in [5, 5.41) is 2.81. The van der Waals surface area contributed by atoms with Crippen LogP contribution in [0.15, 0.2) is 91.0 Å². The first-order valence-electron chi connectivity index (χ1n) is 7.49. The highest BCUT2D eigenvalue weighted by molar-refractivity contribution is 7.73. The molecule has 0 radical (unpaired) electrons. The molecule has 3 aromatic rings. The maximum absolute atomic E-state index is 5.90. The first-order chi connectivity index (χ1) is 10.9. The van der Waals surface area contributed by atoms with Gasteiger partial charge in [0.25, 0.3) is 0 Å². The van der Waals surface area contributed by atoms with Crippen molar-refractivity contribution in [3.63, 3.8) is 0 Å². The number of hydrogen-bond donors (Lipinski definition) is 0. The second-order valence-corrected chi connectivity index (χ2v) is 7.32. The van der Waals surface area contributed by atoms with Crippen molar-refractivity contribution in [2.45, 2.75) is 0 Å². The maximum atomic E-state index is 5.90. The molecule has 0 unspecified atom stereocenters. The molecule has 1 nitrogen and oxygen atoms in total. The van der Waals surface area contributed by atoms with Gasteiger partial charge in [-0.1, -0.05) is 78.9 Å². The Morgan fingerprint density at radius 1 is 0.591 bits per heavy atom. The van der Waals surface area contributed by atoms with Gasteiger partial charge in [0, 0.05) is 6.16 Å². The molecule has 0 aromatic heterocycles. The van der Waals surface area contributed by atoms with Crippen molar-refractivity contribution in [1.29, 1.82) is 0 Å². The van der Waals surface area contributed by atoms with Gasteiger partial charge < -0.3 is 4.74 Å². The Hall–Kier alpha value is -2.11. The first-order valence-corrected chi connectivity index (χ1v) is 9.02. The van der Waals surface area contributed by atoms with E-state index in [0.29, 0.717) is 0 Å². The lowest BCUT2D eigenvalue weighted by Gasteiger charge is -2.19. The largest absolute Gasteiger partial charge is 0.493 e. The van der Waals surface area contributed by atoms with Crippen LogP contribution in [0.5, 0.6) is 5.75 Å². The molecule has 0 aliphatic carbocycles. The number of rotatable bonds is 6. The number of benzene rings is 3. The van der Waals surface area contributed by atoms with Crippen molar-refractivity contribution >= 4 is 18.5 Å². The van der Waals surface area contributed by atoms with Gasteiger partial charge in [-0.3, -0.25) is 0 Å². The van der Waals surface area contributed by atoms with Crippen LogP contribution in [-0.4, -0.2) is 12.8 Å². The van der Waals surface area contributed by atoms with E-state index in [1.807, 2.05) is 30.3 Å². The number of para-hydroxylation sites is 1. The number of ether oxygens (including phenoxy) is 1. The highest BCUT2D eigenvalue weighted by atomic mass is 31.1. The highest BCUT2D eigenvalue weighted by Crippen LogP contribution is 2.33. The molecule has 110 valence electrons. The summed E-state index contributed by atoms with van der Waals surface area (Å²) in [4.78, 5) is 0. The Morgan fingerprint density at radius 3 is 1.55 bits per heavy atom. The van der Waals surface area contributed by atoms with Crippen molar-refractivity contribution in [1.82, 2.24) is 0 Å². The number of hydrogen-bond acceptors (Lipinski definition) is 1. The smallest absolute Gasteiger partial charge is 0.119 e. The van der Waals surface area contributed by atoms with E-state index >= 15 is 0 Å². The van der Waals surface area contributed by atoms with Crippen molar-refractivity contribution < 1.29 is 4.74 Å². The summed E-state index contributed by atoms with van der Waals surface area (Å²) >= 11 is 0. The van der Waals surface area contributed by atoms with E-state index in [2.05, 4.69) is 60.7 Å². The molecule has 0 bridgehead atoms. The second kappa shape index (κ2) is 7.77. The van der Waals surface area contributed by atoms with E-state index in [1.54, 1.807) is 0 Å². The van der Waals surface area contributed by atoms with E-state index in [-0.39, 0.29) is 7.92 Å². The van der Waals surface area contributed by atoms with E-state index in [1.165, 1.54) is 10.6 Å². The van der Waals surface area contributed by atoms with Crippen LogP contribution in [0.2, 0.25) is 0 Å². The Kier molecular flexibility index (Phi) is 5.23. The van der Waals surface area contributed by atoms with Gasteiger partial charge in [0.05, 0.1) is 6.61 Å². The zero-order valence-corrected chi connectivity index (χ0v) is 13.3. The highest BCUT2D eigenvalue weighted by Gasteiger charge is 2.13. The summed E-state index contributed by atoms with van der Waals surface area (Å²) in [7, 11) is -0.372. The molecular formula is C20H19OP. The molecular weight excluding hydrogens is 287 g/mol. The summed E-state index contributed by atoms with van der Waals surface area (Å²) in [6, 6.07) is 31.5. The molecule has 2 heteroatoms. The van der Waals surface area contributed by atoms with Crippen molar-refractivity contribution in [3.05, 3.63) is 91.0 Å². The standard InChI is InChI=1S/C20H19OP/c1-4-10-18(11-5-1)21-16-17-22(19-12-6-2-7-13-19)20-14-8-3-9-15-20/h1-15H,16-17H2. The summed E-state index contributed by atoms with van der Waals surface area (Å²) in [6.45, 7) is 0.736. The van der Waals surface area contributed by atoms with Crippen LogP contribution in [0.25, 0.3) is 0 Å². The van der Waals surface area contributed by atoms with Gasteiger partial charge in [-0.2, -0.15) is 0 Å². The molecule has 0 N–H and O–H groups in total. The maximum Gasteiger partial charge on any atom is 0.119 e. The summed E-state index contributed by atoms with van der Waals surface area (Å²) in [5.74, 6) is 0.943. The van der Waals surface area contributed by atoms with Crippen LogP contribution < -0.4 is 15.3 Å². The molecule has 22 heavy (non-hydrogen) atoms. The van der Waals surface area contributed by atoms with Crippen LogP contribution in [-0.2, 0) is 0 Å². The van der Waals surface area contributed by atoms with Gasteiger partial charge in [-0.25, -0.2) is 0 Å². The van der Waals surface area contributed by atoms with Crippen LogP contribution in [0.4, 0.5) is 0 Å². The predicted octanol–water partition coefficient (Wildman–Crippen LogP) is 4.20. The minimum atomic E-state index is -0.372. The fourth-order valence-corrected chi connectivity index (χ4v) is 4.55. The molecule has 0 aliphatic heterocycles. The molecule has 0 spiro atoms. The summed E-state index contributed by atoms with van der Waals surface area (Å²) in [6.07, 6.45) is 1.03. The van der Waals surface area contributed by atoms with Gasteiger partial charge in [0.15, 0.2) is 0 Å². The zero-order chi connectivity index (χ0) is 15.0. The quantitative estimate of drug-likeness (QED) is 0.620. The van der Waals surface area contributed by atoms with E-state index in [0.717, 1.165) is 18.5 Å². The molecule has 0 fully saturated rings. The van der Waals surface area contributed by atoms with Crippen LogP contribution in [0, 0.1) is 0 Å². The fourth-order valence-electron chi connectivity index (χ4n) is 2.39. The SMILES string of the molecule is c1ccc(OCCP(c2ccccc2)c2ccccc2)cc1. The molecule has 0 saturated carbocycles. The van der Waals surface area contributed by atoms with Gasteiger partial charge in [-0.05, 0) is 30.7 Å². The van der Waals surface area contributed by atoms with Crippen molar-refractivity contribution in [2.75, 3.05) is 12.8 Å². The van der Waals surface area contributed by atoms with Crippen molar-refractivity contribution in [2.24, 2.45) is 0 Å². The van der Waals surface area contributed by atoms with Crippen LogP contribution in [0.1, 0.15) is 0 Å². The first kappa shape index (κ1) is 14.8. The Morgan fingerprint density at radius 2 is 1.05 bits per heavy atom. The van der Waals surface area contributed by atoms with E-state index < -0.39 is 0 Å². The summed E-state index contributed by atoms with van der Waals surface area (Å²) in [5.41, 5.74) is 0. The molecule has 3 rings (SSSR count). The van der Waals surface area contributed by atoms with E-state index in [4.69, 9.17) is 4.74 Å². The average molecular weight is 306 g/mol. The Labute approximate surface area is 133 Å². The van der Waals surface area contributed by atoms with Crippen LogP contribution in [0.3, 0.4) is 0 Å². The third-order valence-corrected chi connectivity index (χ3v) is 5.94. The van der Waals surface area contributed by atoms with Crippen LogP contribution >= 0.6 is 7.92 Å². The molecule has 0 heterocycles. The molecule has 0 aliphatic rings. The third kappa shape index (κ3) is 3.96. The Balaban J connectivity index is 1.72. The second-order valence-electron chi connectivity index (χ2n) is 4.98. The molecule has 3 aromatic carbocycles. The minimum absolute atomic E-state index is 0.372. The lowest BCUT2D eigenvalue weighted by atomic mass is 10.3. The predicted molar refractivity (Wildman–Crippen MR) is 95.9 cm³/mol. The molecule has 0 saturated heterocycles. The third-order valence-electron chi connectivity index (χ3n) is 3.46. The van der Waals surface area contributed by atoms with E-state index in [9.17, 15) is 0 Å². The fraction of sp³-hybridized carbons (Fsp3) is 0.100.